The number of benzene rings is 1. The summed E-state index contributed by atoms with van der Waals surface area (Å²) in [4.78, 5) is 25.9. The first-order valence-corrected chi connectivity index (χ1v) is 10.5. The van der Waals surface area contributed by atoms with Crippen molar-refractivity contribution in [2.75, 3.05) is 36.4 Å². The second-order valence-corrected chi connectivity index (χ2v) is 8.17. The van der Waals surface area contributed by atoms with Crippen molar-refractivity contribution in [2.24, 2.45) is 0 Å². The molecule has 1 aromatic carbocycles. The minimum absolute atomic E-state index is 0.0118. The lowest BCUT2D eigenvalue weighted by molar-refractivity contribution is 0.102. The fraction of sp³-hybridized carbons (Fsp3) is 0.409. The van der Waals surface area contributed by atoms with Gasteiger partial charge in [0.15, 0.2) is 5.65 Å². The molecule has 1 amide bonds. The quantitative estimate of drug-likeness (QED) is 0.719. The molecule has 2 saturated heterocycles. The van der Waals surface area contributed by atoms with Crippen LogP contribution in [0.3, 0.4) is 0 Å². The van der Waals surface area contributed by atoms with Gasteiger partial charge in [0.1, 0.15) is 11.6 Å². The Kier molecular flexibility index (Phi) is 4.86. The first-order chi connectivity index (χ1) is 14.6. The summed E-state index contributed by atoms with van der Waals surface area (Å²) in [6, 6.07) is 5.41. The summed E-state index contributed by atoms with van der Waals surface area (Å²) in [5, 5.41) is 2.67. The van der Waals surface area contributed by atoms with E-state index in [0.717, 1.165) is 30.9 Å². The maximum absolute atomic E-state index is 14.8. The lowest BCUT2D eigenvalue weighted by atomic mass is 10.1. The average Bonchev–Trinajstić information content (AvgIpc) is 3.47. The van der Waals surface area contributed by atoms with E-state index in [0.29, 0.717) is 17.5 Å². The molecule has 4 heterocycles. The number of amides is 1. The maximum Gasteiger partial charge on any atom is 0.259 e. The summed E-state index contributed by atoms with van der Waals surface area (Å²) in [7, 11) is 0. The van der Waals surface area contributed by atoms with Crippen LogP contribution in [-0.4, -0.2) is 57.4 Å². The number of likely N-dealkylation sites (tertiary alicyclic amines) is 1. The van der Waals surface area contributed by atoms with Gasteiger partial charge in [0.05, 0.1) is 23.7 Å². The summed E-state index contributed by atoms with van der Waals surface area (Å²) in [5.74, 6) is -0.686. The standard InChI is InChI=1S/C22H25FN6O/c1-15-12-29-14-20(24-11-21(29)25-15)26-22(30)18-5-4-16(10-19(18)23)28-9-6-17(13-28)27-7-2-3-8-27/h4-5,10-12,14,17H,2-3,6-9,13H2,1H3,(H,26,30)/t17-/m1/s1. The van der Waals surface area contributed by atoms with E-state index in [1.807, 2.05) is 19.2 Å². The zero-order valence-electron chi connectivity index (χ0n) is 17.0. The summed E-state index contributed by atoms with van der Waals surface area (Å²) in [6.07, 6.45) is 8.74. The van der Waals surface area contributed by atoms with Gasteiger partial charge in [-0.2, -0.15) is 0 Å². The number of hydrogen-bond acceptors (Lipinski definition) is 5. The van der Waals surface area contributed by atoms with E-state index in [1.165, 1.54) is 32.0 Å². The van der Waals surface area contributed by atoms with Crippen LogP contribution in [0.25, 0.3) is 5.65 Å². The van der Waals surface area contributed by atoms with E-state index in [4.69, 9.17) is 0 Å². The second-order valence-electron chi connectivity index (χ2n) is 8.17. The topological polar surface area (TPSA) is 65.8 Å². The van der Waals surface area contributed by atoms with Gasteiger partial charge in [0.25, 0.3) is 5.91 Å². The third-order valence-electron chi connectivity index (χ3n) is 6.09. The fourth-order valence-electron chi connectivity index (χ4n) is 4.54. The van der Waals surface area contributed by atoms with Crippen LogP contribution in [0.15, 0.2) is 36.8 Å². The Bertz CT molecular complexity index is 1090. The molecule has 0 aliphatic carbocycles. The normalized spacial score (nSPS) is 19.7. The zero-order valence-corrected chi connectivity index (χ0v) is 17.0. The Morgan fingerprint density at radius 3 is 2.83 bits per heavy atom. The van der Waals surface area contributed by atoms with Crippen molar-refractivity contribution >= 4 is 23.1 Å². The van der Waals surface area contributed by atoms with E-state index in [1.54, 1.807) is 22.9 Å². The molecular weight excluding hydrogens is 383 g/mol. The van der Waals surface area contributed by atoms with E-state index < -0.39 is 11.7 Å². The molecule has 1 atom stereocenters. The molecule has 2 aromatic heterocycles. The van der Waals surface area contributed by atoms with Crippen LogP contribution in [0.5, 0.6) is 0 Å². The number of carbonyl (C=O) groups is 1. The average molecular weight is 408 g/mol. The van der Waals surface area contributed by atoms with Crippen LogP contribution in [0.2, 0.25) is 0 Å². The van der Waals surface area contributed by atoms with Crippen molar-refractivity contribution in [3.05, 3.63) is 53.9 Å². The number of nitrogens with one attached hydrogen (secondary N) is 1. The molecule has 8 heteroatoms. The Morgan fingerprint density at radius 2 is 2.03 bits per heavy atom. The Labute approximate surface area is 174 Å². The van der Waals surface area contributed by atoms with Gasteiger partial charge in [-0.15, -0.1) is 0 Å². The third kappa shape index (κ3) is 3.63. The van der Waals surface area contributed by atoms with Crippen molar-refractivity contribution in [2.45, 2.75) is 32.2 Å². The van der Waals surface area contributed by atoms with Gasteiger partial charge in [-0.1, -0.05) is 0 Å². The predicted octanol–water partition coefficient (Wildman–Crippen LogP) is 3.10. The number of fused-ring (bicyclic) bond motifs is 1. The minimum Gasteiger partial charge on any atom is -0.370 e. The molecule has 0 radical (unpaired) electrons. The monoisotopic (exact) mass is 408 g/mol. The first-order valence-electron chi connectivity index (χ1n) is 10.5. The molecule has 7 nitrogen and oxygen atoms in total. The summed E-state index contributed by atoms with van der Waals surface area (Å²) >= 11 is 0. The predicted molar refractivity (Wildman–Crippen MR) is 114 cm³/mol. The lowest BCUT2D eigenvalue weighted by Gasteiger charge is -2.24. The second kappa shape index (κ2) is 7.68. The van der Waals surface area contributed by atoms with Gasteiger partial charge >= 0.3 is 0 Å². The highest BCUT2D eigenvalue weighted by Crippen LogP contribution is 2.27. The van der Waals surface area contributed by atoms with Crippen LogP contribution in [0.1, 0.15) is 35.3 Å². The van der Waals surface area contributed by atoms with Crippen LogP contribution < -0.4 is 10.2 Å². The highest BCUT2D eigenvalue weighted by Gasteiger charge is 2.29. The Morgan fingerprint density at radius 1 is 1.20 bits per heavy atom. The molecule has 2 aliphatic heterocycles. The molecular formula is C22H25FN6O. The molecule has 0 spiro atoms. The Balaban J connectivity index is 1.28. The maximum atomic E-state index is 14.8. The van der Waals surface area contributed by atoms with Crippen LogP contribution in [-0.2, 0) is 0 Å². The van der Waals surface area contributed by atoms with Gasteiger partial charge in [-0.25, -0.2) is 14.4 Å². The molecule has 3 aromatic rings. The van der Waals surface area contributed by atoms with E-state index in [-0.39, 0.29) is 5.56 Å². The highest BCUT2D eigenvalue weighted by molar-refractivity contribution is 6.04. The number of halogens is 1. The summed E-state index contributed by atoms with van der Waals surface area (Å²) in [5.41, 5.74) is 2.40. The third-order valence-corrected chi connectivity index (χ3v) is 6.09. The van der Waals surface area contributed by atoms with Gasteiger partial charge in [0.2, 0.25) is 0 Å². The Hall–Kier alpha value is -3.00. The molecule has 0 saturated carbocycles. The SMILES string of the molecule is Cc1cn2cc(NC(=O)c3ccc(N4CC[C@@H](N5CCCC5)C4)cc3F)ncc2n1. The molecule has 2 fully saturated rings. The molecule has 30 heavy (non-hydrogen) atoms. The number of imidazole rings is 1. The van der Waals surface area contributed by atoms with Crippen LogP contribution in [0.4, 0.5) is 15.9 Å². The molecule has 156 valence electrons. The van der Waals surface area contributed by atoms with E-state index >= 15 is 0 Å². The van der Waals surface area contributed by atoms with Crippen LogP contribution in [0, 0.1) is 12.7 Å². The number of nitrogens with zero attached hydrogens (tertiary/aromatic N) is 5. The zero-order chi connectivity index (χ0) is 20.7. The fourth-order valence-corrected chi connectivity index (χ4v) is 4.54. The van der Waals surface area contributed by atoms with E-state index in [2.05, 4.69) is 25.1 Å². The number of aryl methyl sites for hydroxylation is 1. The number of anilines is 2. The number of rotatable bonds is 4. The lowest BCUT2D eigenvalue weighted by Crippen LogP contribution is -2.35. The van der Waals surface area contributed by atoms with Crippen molar-refractivity contribution < 1.29 is 9.18 Å². The minimum atomic E-state index is -0.519. The van der Waals surface area contributed by atoms with Gasteiger partial charge in [-0.05, 0) is 57.5 Å². The number of hydrogen-bond donors (Lipinski definition) is 1. The van der Waals surface area contributed by atoms with Crippen LogP contribution >= 0.6 is 0 Å². The van der Waals surface area contributed by atoms with Crippen molar-refractivity contribution in [1.29, 1.82) is 0 Å². The number of carbonyl (C=O) groups excluding carboxylic acids is 1. The van der Waals surface area contributed by atoms with Crippen molar-refractivity contribution in [3.8, 4) is 0 Å². The summed E-state index contributed by atoms with van der Waals surface area (Å²) < 4.78 is 16.6. The summed E-state index contributed by atoms with van der Waals surface area (Å²) in [6.45, 7) is 6.06. The largest absolute Gasteiger partial charge is 0.370 e. The van der Waals surface area contributed by atoms with Crippen molar-refractivity contribution in [3.63, 3.8) is 0 Å². The molecule has 0 unspecified atom stereocenters. The first kappa shape index (κ1) is 19.0. The number of aromatic nitrogens is 3. The molecule has 2 aliphatic rings. The van der Waals surface area contributed by atoms with Crippen molar-refractivity contribution in [1.82, 2.24) is 19.3 Å². The molecule has 5 rings (SSSR count). The van der Waals surface area contributed by atoms with E-state index in [9.17, 15) is 9.18 Å². The highest BCUT2D eigenvalue weighted by atomic mass is 19.1. The smallest absolute Gasteiger partial charge is 0.259 e. The van der Waals surface area contributed by atoms with Gasteiger partial charge < -0.3 is 14.6 Å². The molecule has 0 bridgehead atoms. The molecule has 1 N–H and O–H groups in total. The van der Waals surface area contributed by atoms with Gasteiger partial charge in [0, 0.05) is 31.0 Å². The van der Waals surface area contributed by atoms with Gasteiger partial charge in [-0.3, -0.25) is 9.69 Å².